The standard InChI is InChI=1S/C22H22N8O4/c1-11-19(25-27-29(11)3)17-9-13(21(31)33-5)7-15(23-17)16-8-14(22(32)34-6)10-18(24-16)20-12(2)30(4)28-26-20/h7-10H,1-6H3. The Morgan fingerprint density at radius 3 is 1.32 bits per heavy atom. The van der Waals surface area contributed by atoms with Crippen molar-refractivity contribution in [2.24, 2.45) is 14.1 Å². The highest BCUT2D eigenvalue weighted by Crippen LogP contribution is 2.28. The number of carbonyl (C=O) groups is 2. The summed E-state index contributed by atoms with van der Waals surface area (Å²) in [6.45, 7) is 3.68. The van der Waals surface area contributed by atoms with Crippen LogP contribution in [0.4, 0.5) is 0 Å². The quantitative estimate of drug-likeness (QED) is 0.404. The zero-order valence-electron chi connectivity index (χ0n) is 19.5. The molecule has 0 amide bonds. The first-order valence-electron chi connectivity index (χ1n) is 10.2. The zero-order chi connectivity index (χ0) is 24.6. The number of carbonyl (C=O) groups excluding carboxylic acids is 2. The van der Waals surface area contributed by atoms with Gasteiger partial charge in [-0.2, -0.15) is 0 Å². The molecule has 4 aromatic rings. The normalized spacial score (nSPS) is 10.9. The van der Waals surface area contributed by atoms with Crippen LogP contribution < -0.4 is 0 Å². The van der Waals surface area contributed by atoms with E-state index in [-0.39, 0.29) is 11.1 Å². The van der Waals surface area contributed by atoms with Crippen LogP contribution in [0.2, 0.25) is 0 Å². The third-order valence-corrected chi connectivity index (χ3v) is 5.45. The summed E-state index contributed by atoms with van der Waals surface area (Å²) >= 11 is 0. The molecule has 0 bridgehead atoms. The Balaban J connectivity index is 1.97. The van der Waals surface area contributed by atoms with Crippen LogP contribution in [-0.2, 0) is 23.6 Å². The number of nitrogens with zero attached hydrogens (tertiary/aromatic N) is 8. The number of esters is 2. The summed E-state index contributed by atoms with van der Waals surface area (Å²) in [5, 5.41) is 16.4. The zero-order valence-corrected chi connectivity index (χ0v) is 19.5. The van der Waals surface area contributed by atoms with Crippen LogP contribution in [0.5, 0.6) is 0 Å². The maximum Gasteiger partial charge on any atom is 0.338 e. The van der Waals surface area contributed by atoms with Gasteiger partial charge in [-0.15, -0.1) is 10.2 Å². The van der Waals surface area contributed by atoms with Crippen molar-refractivity contribution in [1.82, 2.24) is 40.0 Å². The molecule has 0 N–H and O–H groups in total. The molecule has 174 valence electrons. The smallest absolute Gasteiger partial charge is 0.338 e. The van der Waals surface area contributed by atoms with Crippen LogP contribution in [0.3, 0.4) is 0 Å². The first-order valence-corrected chi connectivity index (χ1v) is 10.2. The van der Waals surface area contributed by atoms with Gasteiger partial charge in [-0.1, -0.05) is 10.4 Å². The fourth-order valence-corrected chi connectivity index (χ4v) is 3.32. The molecule has 0 aliphatic heterocycles. The highest BCUT2D eigenvalue weighted by atomic mass is 16.5. The van der Waals surface area contributed by atoms with Crippen molar-refractivity contribution in [2.75, 3.05) is 14.2 Å². The third kappa shape index (κ3) is 4.00. The molecular formula is C22H22N8O4. The molecule has 0 atom stereocenters. The summed E-state index contributed by atoms with van der Waals surface area (Å²) in [4.78, 5) is 34.2. The molecular weight excluding hydrogens is 440 g/mol. The topological polar surface area (TPSA) is 140 Å². The number of aryl methyl sites for hydroxylation is 2. The average molecular weight is 462 g/mol. The first kappa shape index (κ1) is 22.7. The highest BCUT2D eigenvalue weighted by molar-refractivity contribution is 5.94. The minimum atomic E-state index is -0.555. The summed E-state index contributed by atoms with van der Waals surface area (Å²) in [7, 11) is 6.10. The van der Waals surface area contributed by atoms with Gasteiger partial charge < -0.3 is 9.47 Å². The van der Waals surface area contributed by atoms with Gasteiger partial charge >= 0.3 is 11.9 Å². The van der Waals surface area contributed by atoms with Crippen molar-refractivity contribution in [3.8, 4) is 34.2 Å². The molecule has 0 fully saturated rings. The van der Waals surface area contributed by atoms with Gasteiger partial charge in [0.1, 0.15) is 11.4 Å². The second kappa shape index (κ2) is 8.81. The summed E-state index contributed by atoms with van der Waals surface area (Å²) in [6.07, 6.45) is 0. The van der Waals surface area contributed by atoms with E-state index in [1.165, 1.54) is 26.4 Å². The SMILES string of the molecule is COC(=O)c1cc(-c2cc(C(=O)OC)cc(-c3nnn(C)c3C)n2)nc(-c2nnn(C)c2C)c1. The number of pyridine rings is 2. The van der Waals surface area contributed by atoms with E-state index < -0.39 is 11.9 Å². The summed E-state index contributed by atoms with van der Waals surface area (Å²) in [5.74, 6) is -1.11. The predicted octanol–water partition coefficient (Wildman–Crippen LogP) is 1.92. The molecule has 12 nitrogen and oxygen atoms in total. The summed E-state index contributed by atoms with van der Waals surface area (Å²) < 4.78 is 13.0. The van der Waals surface area contributed by atoms with E-state index in [0.717, 1.165) is 11.4 Å². The van der Waals surface area contributed by atoms with Crippen LogP contribution in [0.15, 0.2) is 24.3 Å². The lowest BCUT2D eigenvalue weighted by molar-refractivity contribution is 0.0591. The summed E-state index contributed by atoms with van der Waals surface area (Å²) in [6, 6.07) is 6.23. The van der Waals surface area contributed by atoms with Gasteiger partial charge in [0.25, 0.3) is 0 Å². The van der Waals surface area contributed by atoms with Gasteiger partial charge in [-0.25, -0.2) is 19.6 Å². The van der Waals surface area contributed by atoms with Crippen molar-refractivity contribution in [3.63, 3.8) is 0 Å². The van der Waals surface area contributed by atoms with E-state index in [2.05, 4.69) is 30.6 Å². The lowest BCUT2D eigenvalue weighted by Gasteiger charge is -2.10. The van der Waals surface area contributed by atoms with E-state index >= 15 is 0 Å². The van der Waals surface area contributed by atoms with Crippen molar-refractivity contribution < 1.29 is 19.1 Å². The molecule has 4 rings (SSSR count). The molecule has 0 aromatic carbocycles. The van der Waals surface area contributed by atoms with Crippen molar-refractivity contribution >= 4 is 11.9 Å². The minimum absolute atomic E-state index is 0.245. The number of methoxy groups -OCH3 is 2. The Bertz CT molecular complexity index is 1310. The van der Waals surface area contributed by atoms with Gasteiger partial charge in [-0.05, 0) is 38.1 Å². The minimum Gasteiger partial charge on any atom is -0.465 e. The molecule has 0 aliphatic carbocycles. The maximum absolute atomic E-state index is 12.4. The fraction of sp³-hybridized carbons (Fsp3) is 0.273. The molecule has 12 heteroatoms. The van der Waals surface area contributed by atoms with E-state index in [4.69, 9.17) is 9.47 Å². The third-order valence-electron chi connectivity index (χ3n) is 5.45. The van der Waals surface area contributed by atoms with Gasteiger partial charge in [0.05, 0.1) is 59.5 Å². The maximum atomic E-state index is 12.4. The Morgan fingerprint density at radius 2 is 1.03 bits per heavy atom. The monoisotopic (exact) mass is 462 g/mol. The van der Waals surface area contributed by atoms with E-state index in [9.17, 15) is 9.59 Å². The van der Waals surface area contributed by atoms with Crippen molar-refractivity contribution in [2.45, 2.75) is 13.8 Å². The van der Waals surface area contributed by atoms with Crippen molar-refractivity contribution in [1.29, 1.82) is 0 Å². The van der Waals surface area contributed by atoms with E-state index in [1.54, 1.807) is 35.6 Å². The molecule has 0 saturated heterocycles. The Labute approximate surface area is 194 Å². The molecule has 0 aliphatic rings. The number of aromatic nitrogens is 8. The number of ether oxygens (including phenoxy) is 2. The average Bonchev–Trinajstić information content (AvgIpc) is 3.37. The van der Waals surface area contributed by atoms with Gasteiger partial charge in [0.2, 0.25) is 0 Å². The molecule has 34 heavy (non-hydrogen) atoms. The molecule has 0 spiro atoms. The largest absolute Gasteiger partial charge is 0.465 e. The summed E-state index contributed by atoms with van der Waals surface area (Å²) in [5.41, 5.74) is 4.49. The van der Waals surface area contributed by atoms with Gasteiger partial charge in [0, 0.05) is 14.1 Å². The van der Waals surface area contributed by atoms with Crippen LogP contribution >= 0.6 is 0 Å². The Hall–Kier alpha value is -4.48. The van der Waals surface area contributed by atoms with Crippen LogP contribution in [0, 0.1) is 13.8 Å². The predicted molar refractivity (Wildman–Crippen MR) is 120 cm³/mol. The molecule has 4 heterocycles. The lowest BCUT2D eigenvalue weighted by Crippen LogP contribution is -2.06. The van der Waals surface area contributed by atoms with Crippen molar-refractivity contribution in [3.05, 3.63) is 46.8 Å². The van der Waals surface area contributed by atoms with Crippen LogP contribution in [0.1, 0.15) is 32.1 Å². The Kier molecular flexibility index (Phi) is 5.88. The second-order valence-corrected chi connectivity index (χ2v) is 7.53. The number of hydrogen-bond acceptors (Lipinski definition) is 10. The van der Waals surface area contributed by atoms with E-state index in [1.807, 2.05) is 13.8 Å². The second-order valence-electron chi connectivity index (χ2n) is 7.53. The molecule has 4 aromatic heterocycles. The van der Waals surface area contributed by atoms with Crippen LogP contribution in [0.25, 0.3) is 34.2 Å². The Morgan fingerprint density at radius 1 is 0.676 bits per heavy atom. The first-order chi connectivity index (χ1) is 16.2. The lowest BCUT2D eigenvalue weighted by atomic mass is 10.1. The van der Waals surface area contributed by atoms with Gasteiger partial charge in [-0.3, -0.25) is 9.36 Å². The number of rotatable bonds is 5. The number of hydrogen-bond donors (Lipinski definition) is 0. The van der Waals surface area contributed by atoms with E-state index in [0.29, 0.717) is 34.2 Å². The van der Waals surface area contributed by atoms with Gasteiger partial charge in [0.15, 0.2) is 0 Å². The fourth-order valence-electron chi connectivity index (χ4n) is 3.32. The van der Waals surface area contributed by atoms with Crippen LogP contribution in [-0.4, -0.2) is 66.1 Å². The molecule has 0 radical (unpaired) electrons. The molecule has 0 unspecified atom stereocenters. The molecule has 0 saturated carbocycles. The highest BCUT2D eigenvalue weighted by Gasteiger charge is 2.21.